The van der Waals surface area contributed by atoms with Crippen molar-refractivity contribution in [3.63, 3.8) is 0 Å². The standard InChI is InChI=1S/C25H20N2O2/c28-24-22-20(17-7-3-1-4-8-17)11-12-21(18-9-5-2-6-10-18)23(22)25(29)27(24)19-13-15-26-16-14-19/h1-16,20-23H/t20-,21-,22+,23+/m0/s1. The van der Waals surface area contributed by atoms with Gasteiger partial charge in [-0.05, 0) is 23.3 Å². The molecule has 142 valence electrons. The van der Waals surface area contributed by atoms with E-state index in [1.165, 1.54) is 4.90 Å². The van der Waals surface area contributed by atoms with E-state index < -0.39 is 11.8 Å². The maximum absolute atomic E-state index is 13.6. The molecule has 2 heterocycles. The molecule has 0 bridgehead atoms. The van der Waals surface area contributed by atoms with Crippen LogP contribution in [0.4, 0.5) is 5.69 Å². The highest BCUT2D eigenvalue weighted by Gasteiger charge is 2.55. The molecule has 2 amide bonds. The molecule has 1 fully saturated rings. The van der Waals surface area contributed by atoms with Crippen LogP contribution in [-0.4, -0.2) is 16.8 Å². The second-order valence-corrected chi connectivity index (χ2v) is 7.53. The molecular weight excluding hydrogens is 360 g/mol. The van der Waals surface area contributed by atoms with Gasteiger partial charge in [0.15, 0.2) is 0 Å². The summed E-state index contributed by atoms with van der Waals surface area (Å²) in [4.78, 5) is 32.5. The van der Waals surface area contributed by atoms with Gasteiger partial charge in [-0.2, -0.15) is 0 Å². The third-order valence-electron chi connectivity index (χ3n) is 5.99. The Bertz CT molecular complexity index is 996. The number of benzene rings is 2. The monoisotopic (exact) mass is 380 g/mol. The lowest BCUT2D eigenvalue weighted by Gasteiger charge is -2.32. The molecule has 5 rings (SSSR count). The molecule has 29 heavy (non-hydrogen) atoms. The molecule has 1 aliphatic heterocycles. The minimum Gasteiger partial charge on any atom is -0.274 e. The van der Waals surface area contributed by atoms with Crippen molar-refractivity contribution in [2.75, 3.05) is 4.90 Å². The third kappa shape index (κ3) is 2.88. The molecule has 0 radical (unpaired) electrons. The summed E-state index contributed by atoms with van der Waals surface area (Å²) in [6.07, 6.45) is 7.43. The van der Waals surface area contributed by atoms with E-state index >= 15 is 0 Å². The Labute approximate surface area is 169 Å². The zero-order valence-electron chi connectivity index (χ0n) is 15.8. The van der Waals surface area contributed by atoms with Gasteiger partial charge in [0.1, 0.15) is 0 Å². The molecule has 1 aromatic heterocycles. The van der Waals surface area contributed by atoms with Crippen LogP contribution in [-0.2, 0) is 9.59 Å². The van der Waals surface area contributed by atoms with Crippen molar-refractivity contribution < 1.29 is 9.59 Å². The molecule has 0 saturated carbocycles. The van der Waals surface area contributed by atoms with Gasteiger partial charge in [-0.25, -0.2) is 4.90 Å². The van der Waals surface area contributed by atoms with Gasteiger partial charge < -0.3 is 0 Å². The maximum atomic E-state index is 13.6. The number of hydrogen-bond acceptors (Lipinski definition) is 3. The van der Waals surface area contributed by atoms with Gasteiger partial charge in [0.25, 0.3) is 0 Å². The Morgan fingerprint density at radius 2 is 1.07 bits per heavy atom. The second-order valence-electron chi connectivity index (χ2n) is 7.53. The van der Waals surface area contributed by atoms with Crippen LogP contribution in [0.3, 0.4) is 0 Å². The first-order chi connectivity index (χ1) is 14.3. The zero-order valence-corrected chi connectivity index (χ0v) is 15.8. The van der Waals surface area contributed by atoms with Gasteiger partial charge in [-0.3, -0.25) is 14.6 Å². The fourth-order valence-corrected chi connectivity index (χ4v) is 4.68. The fraction of sp³-hybridized carbons (Fsp3) is 0.160. The summed E-state index contributed by atoms with van der Waals surface area (Å²) in [6.45, 7) is 0. The molecule has 1 saturated heterocycles. The summed E-state index contributed by atoms with van der Waals surface area (Å²) in [5.41, 5.74) is 2.70. The molecule has 2 aliphatic rings. The predicted octanol–water partition coefficient (Wildman–Crippen LogP) is 4.32. The lowest BCUT2D eigenvalue weighted by molar-refractivity contribution is -0.122. The molecule has 0 unspecified atom stereocenters. The molecule has 1 aliphatic carbocycles. The first-order valence-corrected chi connectivity index (χ1v) is 9.82. The van der Waals surface area contributed by atoms with Gasteiger partial charge in [0.2, 0.25) is 11.8 Å². The Kier molecular flexibility index (Phi) is 4.32. The minimum absolute atomic E-state index is 0.121. The molecule has 4 atom stereocenters. The van der Waals surface area contributed by atoms with E-state index in [1.807, 2.05) is 60.7 Å². The van der Waals surface area contributed by atoms with Gasteiger partial charge in [0.05, 0.1) is 17.5 Å². The summed E-state index contributed by atoms with van der Waals surface area (Å²) in [6, 6.07) is 23.4. The van der Waals surface area contributed by atoms with E-state index in [2.05, 4.69) is 17.1 Å². The normalized spacial score (nSPS) is 25.9. The number of aromatic nitrogens is 1. The third-order valence-corrected chi connectivity index (χ3v) is 5.99. The van der Waals surface area contributed by atoms with E-state index in [0.717, 1.165) is 11.1 Å². The molecular formula is C25H20N2O2. The van der Waals surface area contributed by atoms with Gasteiger partial charge in [-0.1, -0.05) is 72.8 Å². The number of fused-ring (bicyclic) bond motifs is 1. The lowest BCUT2D eigenvalue weighted by Crippen LogP contribution is -2.31. The predicted molar refractivity (Wildman–Crippen MR) is 111 cm³/mol. The van der Waals surface area contributed by atoms with Crippen LogP contribution in [0.5, 0.6) is 0 Å². The van der Waals surface area contributed by atoms with Crippen molar-refractivity contribution in [3.8, 4) is 0 Å². The Hall–Kier alpha value is -3.53. The van der Waals surface area contributed by atoms with E-state index in [0.29, 0.717) is 5.69 Å². The smallest absolute Gasteiger partial charge is 0.238 e. The number of hydrogen-bond donors (Lipinski definition) is 0. The molecule has 0 N–H and O–H groups in total. The number of amides is 2. The van der Waals surface area contributed by atoms with E-state index in [-0.39, 0.29) is 23.7 Å². The van der Waals surface area contributed by atoms with Crippen LogP contribution in [0, 0.1) is 11.8 Å². The van der Waals surface area contributed by atoms with Crippen molar-refractivity contribution in [1.29, 1.82) is 0 Å². The largest absolute Gasteiger partial charge is 0.274 e. The summed E-state index contributed by atoms with van der Waals surface area (Å²) in [5, 5.41) is 0. The van der Waals surface area contributed by atoms with Crippen LogP contribution in [0.25, 0.3) is 0 Å². The van der Waals surface area contributed by atoms with Crippen molar-refractivity contribution in [3.05, 3.63) is 108 Å². The molecule has 0 spiro atoms. The van der Waals surface area contributed by atoms with E-state index in [1.54, 1.807) is 24.5 Å². The van der Waals surface area contributed by atoms with Crippen LogP contribution < -0.4 is 4.90 Å². The quantitative estimate of drug-likeness (QED) is 0.502. The van der Waals surface area contributed by atoms with Crippen molar-refractivity contribution in [1.82, 2.24) is 4.98 Å². The SMILES string of the molecule is O=C1[C@H]2[C@H](C(=O)N1c1ccncc1)[C@H](c1ccccc1)C=C[C@H]2c1ccccc1. The molecule has 4 heteroatoms. The first-order valence-electron chi connectivity index (χ1n) is 9.82. The second kappa shape index (κ2) is 7.13. The highest BCUT2D eigenvalue weighted by Crippen LogP contribution is 2.50. The number of nitrogens with zero attached hydrogens (tertiary/aromatic N) is 2. The minimum atomic E-state index is -0.423. The number of carbonyl (C=O) groups excluding carboxylic acids is 2. The zero-order chi connectivity index (χ0) is 19.8. The van der Waals surface area contributed by atoms with Crippen LogP contribution in [0.15, 0.2) is 97.3 Å². The number of imide groups is 1. The Morgan fingerprint density at radius 1 is 0.621 bits per heavy atom. The van der Waals surface area contributed by atoms with Gasteiger partial charge in [0, 0.05) is 24.2 Å². The van der Waals surface area contributed by atoms with Crippen LogP contribution in [0.2, 0.25) is 0 Å². The topological polar surface area (TPSA) is 50.3 Å². The highest BCUT2D eigenvalue weighted by atomic mass is 16.2. The fourth-order valence-electron chi connectivity index (χ4n) is 4.68. The lowest BCUT2D eigenvalue weighted by atomic mass is 9.68. The Balaban J connectivity index is 1.64. The number of allylic oxidation sites excluding steroid dienone is 2. The summed E-state index contributed by atoms with van der Waals surface area (Å²) in [7, 11) is 0. The Morgan fingerprint density at radius 3 is 1.52 bits per heavy atom. The highest BCUT2D eigenvalue weighted by molar-refractivity contribution is 6.22. The summed E-state index contributed by atoms with van der Waals surface area (Å²) < 4.78 is 0. The van der Waals surface area contributed by atoms with Gasteiger partial charge >= 0.3 is 0 Å². The van der Waals surface area contributed by atoms with Crippen LogP contribution in [0.1, 0.15) is 23.0 Å². The molecule has 4 nitrogen and oxygen atoms in total. The first kappa shape index (κ1) is 17.6. The van der Waals surface area contributed by atoms with E-state index in [4.69, 9.17) is 0 Å². The molecule has 2 aromatic carbocycles. The average Bonchev–Trinajstić information content (AvgIpc) is 3.06. The number of carbonyl (C=O) groups is 2. The van der Waals surface area contributed by atoms with Crippen molar-refractivity contribution in [2.24, 2.45) is 11.8 Å². The number of rotatable bonds is 3. The average molecular weight is 380 g/mol. The molecule has 3 aromatic rings. The van der Waals surface area contributed by atoms with Crippen molar-refractivity contribution in [2.45, 2.75) is 11.8 Å². The maximum Gasteiger partial charge on any atom is 0.238 e. The van der Waals surface area contributed by atoms with Gasteiger partial charge in [-0.15, -0.1) is 0 Å². The van der Waals surface area contributed by atoms with Crippen molar-refractivity contribution >= 4 is 17.5 Å². The number of anilines is 1. The summed E-state index contributed by atoms with van der Waals surface area (Å²) in [5.74, 6) is -1.36. The van der Waals surface area contributed by atoms with Crippen LogP contribution >= 0.6 is 0 Å². The summed E-state index contributed by atoms with van der Waals surface area (Å²) >= 11 is 0. The van der Waals surface area contributed by atoms with E-state index in [9.17, 15) is 9.59 Å². The number of pyridine rings is 1.